The molecule has 4 amide bonds. The number of likely N-dealkylation sites (tertiary alicyclic amines) is 1. The summed E-state index contributed by atoms with van der Waals surface area (Å²) in [6.07, 6.45) is 8.06. The molecule has 1 aromatic carbocycles. The van der Waals surface area contributed by atoms with Gasteiger partial charge in [-0.1, -0.05) is 30.4 Å². The number of benzene rings is 1. The van der Waals surface area contributed by atoms with Crippen LogP contribution in [0.25, 0.3) is 22.2 Å². The molecule has 0 bridgehead atoms. The van der Waals surface area contributed by atoms with Gasteiger partial charge in [0, 0.05) is 23.3 Å². The normalized spacial score (nSPS) is 19.2. The molecule has 1 aliphatic carbocycles. The maximum atomic E-state index is 13.0. The number of carbonyl (C=O) groups is 4. The van der Waals surface area contributed by atoms with Crippen molar-refractivity contribution in [3.8, 4) is 11.3 Å². The summed E-state index contributed by atoms with van der Waals surface area (Å²) in [5.74, 6) is -2.71. The number of hydrogen-bond acceptors (Lipinski definition) is 6. The van der Waals surface area contributed by atoms with Crippen molar-refractivity contribution in [2.75, 3.05) is 6.54 Å². The Bertz CT molecular complexity index is 1310. The zero-order valence-corrected chi connectivity index (χ0v) is 18.1. The number of nitrogens with zero attached hydrogens (tertiary/aromatic N) is 3. The summed E-state index contributed by atoms with van der Waals surface area (Å²) in [4.78, 5) is 60.3. The smallest absolute Gasteiger partial charge is 0.270 e. The van der Waals surface area contributed by atoms with Crippen LogP contribution in [0.2, 0.25) is 0 Å². The molecule has 2 aliphatic rings. The third-order valence-corrected chi connectivity index (χ3v) is 6.13. The zero-order chi connectivity index (χ0) is 23.7. The van der Waals surface area contributed by atoms with Gasteiger partial charge >= 0.3 is 0 Å². The highest BCUT2D eigenvalue weighted by Gasteiger charge is 2.47. The summed E-state index contributed by atoms with van der Waals surface area (Å²) in [7, 11) is 0. The molecule has 9 heteroatoms. The number of imide groups is 1. The fraction of sp³-hybridized carbons (Fsp3) is 0.200. The molecule has 34 heavy (non-hydrogen) atoms. The Labute approximate surface area is 194 Å². The van der Waals surface area contributed by atoms with Crippen molar-refractivity contribution in [3.63, 3.8) is 0 Å². The topological polar surface area (TPSA) is 121 Å². The summed E-state index contributed by atoms with van der Waals surface area (Å²) in [5.41, 5.74) is 6.95. The largest absolute Gasteiger partial charge is 0.274 e. The molecule has 1 fully saturated rings. The van der Waals surface area contributed by atoms with Crippen molar-refractivity contribution in [3.05, 3.63) is 72.6 Å². The third kappa shape index (κ3) is 3.92. The van der Waals surface area contributed by atoms with Gasteiger partial charge < -0.3 is 0 Å². The second-order valence-corrected chi connectivity index (χ2v) is 8.23. The van der Waals surface area contributed by atoms with Gasteiger partial charge in [-0.3, -0.25) is 39.9 Å². The molecule has 0 radical (unpaired) electrons. The molecule has 0 unspecified atom stereocenters. The van der Waals surface area contributed by atoms with E-state index in [1.54, 1.807) is 42.7 Å². The molecule has 1 aliphatic heterocycles. The van der Waals surface area contributed by atoms with Crippen LogP contribution >= 0.6 is 0 Å². The minimum absolute atomic E-state index is 0.315. The first-order valence-electron chi connectivity index (χ1n) is 10.9. The number of nitrogens with one attached hydrogen (secondary N) is 2. The molecule has 1 saturated heterocycles. The number of rotatable bonds is 4. The van der Waals surface area contributed by atoms with E-state index in [4.69, 9.17) is 0 Å². The maximum absolute atomic E-state index is 13.0. The first-order chi connectivity index (χ1) is 16.5. The van der Waals surface area contributed by atoms with Gasteiger partial charge in [-0.05, 0) is 37.1 Å². The van der Waals surface area contributed by atoms with Crippen LogP contribution in [0.15, 0.2) is 67.0 Å². The molecule has 0 spiro atoms. The summed E-state index contributed by atoms with van der Waals surface area (Å²) in [6, 6.07) is 12.4. The highest BCUT2D eigenvalue weighted by atomic mass is 16.2. The first-order valence-corrected chi connectivity index (χ1v) is 10.9. The molecule has 2 atom stereocenters. The van der Waals surface area contributed by atoms with Crippen LogP contribution in [-0.2, 0) is 14.4 Å². The lowest BCUT2D eigenvalue weighted by molar-refractivity contribution is -0.143. The lowest BCUT2D eigenvalue weighted by Crippen LogP contribution is -2.48. The van der Waals surface area contributed by atoms with Gasteiger partial charge in [0.1, 0.15) is 6.54 Å². The number of fused-ring (bicyclic) bond motifs is 2. The maximum Gasteiger partial charge on any atom is 0.270 e. The number of hydrogen-bond donors (Lipinski definition) is 2. The van der Waals surface area contributed by atoms with Crippen LogP contribution in [0.4, 0.5) is 0 Å². The molecular weight excluding hydrogens is 434 g/mol. The Kier molecular flexibility index (Phi) is 5.59. The first kappa shape index (κ1) is 21.4. The van der Waals surface area contributed by atoms with E-state index in [2.05, 4.69) is 20.8 Å². The van der Waals surface area contributed by atoms with Crippen molar-refractivity contribution >= 4 is 34.5 Å². The van der Waals surface area contributed by atoms with E-state index in [0.29, 0.717) is 35.0 Å². The molecule has 170 valence electrons. The fourth-order valence-corrected chi connectivity index (χ4v) is 4.43. The molecule has 9 nitrogen and oxygen atoms in total. The van der Waals surface area contributed by atoms with E-state index in [1.807, 2.05) is 24.3 Å². The number of allylic oxidation sites excluding steroid dienone is 2. The Morgan fingerprint density at radius 2 is 1.71 bits per heavy atom. The number of para-hydroxylation sites is 1. The van der Waals surface area contributed by atoms with Crippen molar-refractivity contribution in [1.82, 2.24) is 25.7 Å². The molecular formula is C25H21N5O4. The fourth-order valence-electron chi connectivity index (χ4n) is 4.43. The quantitative estimate of drug-likeness (QED) is 0.353. The Morgan fingerprint density at radius 3 is 2.41 bits per heavy atom. The third-order valence-electron chi connectivity index (χ3n) is 6.13. The molecule has 5 rings (SSSR count). The van der Waals surface area contributed by atoms with Crippen molar-refractivity contribution in [1.29, 1.82) is 0 Å². The van der Waals surface area contributed by atoms with E-state index in [-0.39, 0.29) is 11.8 Å². The monoisotopic (exact) mass is 455 g/mol. The number of aromatic nitrogens is 2. The summed E-state index contributed by atoms with van der Waals surface area (Å²) in [5, 5.41) is 0.614. The van der Waals surface area contributed by atoms with Crippen LogP contribution in [0.1, 0.15) is 23.2 Å². The average molecular weight is 455 g/mol. The van der Waals surface area contributed by atoms with E-state index >= 15 is 0 Å². The van der Waals surface area contributed by atoms with Crippen molar-refractivity contribution < 1.29 is 19.2 Å². The molecule has 3 heterocycles. The highest BCUT2D eigenvalue weighted by molar-refractivity contribution is 6.09. The van der Waals surface area contributed by atoms with E-state index in [9.17, 15) is 19.2 Å². The second kappa shape index (κ2) is 8.86. The molecule has 0 saturated carbocycles. The standard InChI is InChI=1S/C25H21N5O4/c31-22(14-30-24(33)17-8-1-2-9-18(17)25(30)34)28-29-23(32)19-12-21(15-6-5-11-26-13-15)27-20-10-4-3-7-16(19)20/h1-7,10-13,17-18H,8-9,14H2,(H,28,31)(H,29,32)/t17-,18-/m0/s1. The molecule has 2 aromatic heterocycles. The van der Waals surface area contributed by atoms with Gasteiger partial charge in [-0.2, -0.15) is 0 Å². The number of carbonyl (C=O) groups excluding carboxylic acids is 4. The van der Waals surface area contributed by atoms with E-state index in [1.165, 1.54) is 0 Å². The van der Waals surface area contributed by atoms with E-state index < -0.39 is 30.2 Å². The van der Waals surface area contributed by atoms with E-state index in [0.717, 1.165) is 10.5 Å². The van der Waals surface area contributed by atoms with Gasteiger partial charge in [0.15, 0.2) is 0 Å². The Morgan fingerprint density at radius 1 is 0.971 bits per heavy atom. The minimum Gasteiger partial charge on any atom is -0.274 e. The number of hydrazine groups is 1. The Hall–Kier alpha value is -4.40. The molecule has 3 aromatic rings. The highest BCUT2D eigenvalue weighted by Crippen LogP contribution is 2.34. The SMILES string of the molecule is O=C(CN1C(=O)[C@H]2CC=CC[C@@H]2C1=O)NNC(=O)c1cc(-c2cccnc2)nc2ccccc12. The van der Waals surface area contributed by atoms with Gasteiger partial charge in [-0.15, -0.1) is 0 Å². The Balaban J connectivity index is 1.31. The van der Waals surface area contributed by atoms with Crippen molar-refractivity contribution in [2.45, 2.75) is 12.8 Å². The van der Waals surface area contributed by atoms with Gasteiger partial charge in [0.05, 0.1) is 28.6 Å². The number of amides is 4. The lowest BCUT2D eigenvalue weighted by Gasteiger charge is -2.15. The number of pyridine rings is 2. The average Bonchev–Trinajstić information content (AvgIpc) is 3.12. The van der Waals surface area contributed by atoms with Gasteiger partial charge in [0.2, 0.25) is 11.8 Å². The summed E-state index contributed by atoms with van der Waals surface area (Å²) >= 11 is 0. The van der Waals surface area contributed by atoms with Crippen molar-refractivity contribution in [2.24, 2.45) is 11.8 Å². The molecule has 2 N–H and O–H groups in total. The zero-order valence-electron chi connectivity index (χ0n) is 18.1. The summed E-state index contributed by atoms with van der Waals surface area (Å²) < 4.78 is 0. The minimum atomic E-state index is -0.660. The van der Waals surface area contributed by atoms with Crippen LogP contribution in [-0.4, -0.2) is 45.0 Å². The lowest BCUT2D eigenvalue weighted by atomic mass is 9.85. The predicted molar refractivity (Wildman–Crippen MR) is 123 cm³/mol. The summed E-state index contributed by atoms with van der Waals surface area (Å²) in [6.45, 7) is -0.441. The van der Waals surface area contributed by atoms with Crippen LogP contribution in [0.3, 0.4) is 0 Å². The van der Waals surface area contributed by atoms with Gasteiger partial charge in [-0.25, -0.2) is 4.98 Å². The van der Waals surface area contributed by atoms with Crippen LogP contribution in [0, 0.1) is 11.8 Å². The van der Waals surface area contributed by atoms with Crippen LogP contribution in [0.5, 0.6) is 0 Å². The van der Waals surface area contributed by atoms with Crippen LogP contribution < -0.4 is 10.9 Å². The second-order valence-electron chi connectivity index (χ2n) is 8.23. The van der Waals surface area contributed by atoms with Gasteiger partial charge in [0.25, 0.3) is 11.8 Å². The predicted octanol–water partition coefficient (Wildman–Crippen LogP) is 2.01.